The smallest absolute Gasteiger partial charge is 0.226 e. The summed E-state index contributed by atoms with van der Waals surface area (Å²) in [6.45, 7) is 1.05. The second kappa shape index (κ2) is 8.98. The van der Waals surface area contributed by atoms with Crippen LogP contribution >= 0.6 is 22.9 Å². The van der Waals surface area contributed by atoms with Crippen molar-refractivity contribution < 1.29 is 9.53 Å². The molecule has 2 aromatic carbocycles. The molecule has 1 aliphatic rings. The summed E-state index contributed by atoms with van der Waals surface area (Å²) in [5.74, 6) is 1.45. The number of nitrogens with zero attached hydrogens (tertiary/aromatic N) is 3. The molecule has 0 aliphatic carbocycles. The molecule has 0 radical (unpaired) electrons. The zero-order chi connectivity index (χ0) is 21.9. The molecule has 0 atom stereocenters. The van der Waals surface area contributed by atoms with Crippen molar-refractivity contribution in [2.45, 2.75) is 19.5 Å². The van der Waals surface area contributed by atoms with Gasteiger partial charge in [-0.25, -0.2) is 4.98 Å². The lowest BCUT2D eigenvalue weighted by molar-refractivity contribution is -0.120. The van der Waals surface area contributed by atoms with Crippen molar-refractivity contribution in [3.8, 4) is 11.5 Å². The van der Waals surface area contributed by atoms with Crippen LogP contribution in [-0.4, -0.2) is 15.9 Å². The molecule has 1 aliphatic heterocycles. The van der Waals surface area contributed by atoms with Crippen molar-refractivity contribution in [2.75, 3.05) is 4.90 Å². The molecular weight excluding hydrogens is 444 g/mol. The lowest BCUT2D eigenvalue weighted by Crippen LogP contribution is -2.24. The first-order chi connectivity index (χ1) is 15.7. The summed E-state index contributed by atoms with van der Waals surface area (Å²) in [5, 5.41) is 6.25. The Labute approximate surface area is 194 Å². The van der Waals surface area contributed by atoms with Gasteiger partial charge < -0.3 is 15.0 Å². The van der Waals surface area contributed by atoms with Crippen LogP contribution in [0.3, 0.4) is 0 Å². The molecule has 4 aromatic rings. The number of aromatic nitrogens is 2. The number of amides is 1. The Morgan fingerprint density at radius 1 is 1.12 bits per heavy atom. The molecule has 160 valence electrons. The van der Waals surface area contributed by atoms with Gasteiger partial charge in [-0.15, -0.1) is 11.3 Å². The number of halogens is 1. The SMILES string of the molecule is O=C(Cc1csc(N2Cc3ccccc3Oc3ccc(Cl)cc32)n1)NCc1ccncc1. The van der Waals surface area contributed by atoms with Gasteiger partial charge in [-0.1, -0.05) is 29.8 Å². The number of fused-ring (bicyclic) bond motifs is 2. The number of carbonyl (C=O) groups excluding carboxylic acids is 1. The molecular formula is C24H19ClN4O2S. The molecule has 1 amide bonds. The Morgan fingerprint density at radius 2 is 1.97 bits per heavy atom. The first kappa shape index (κ1) is 20.5. The van der Waals surface area contributed by atoms with E-state index in [-0.39, 0.29) is 12.3 Å². The summed E-state index contributed by atoms with van der Waals surface area (Å²) in [6.07, 6.45) is 3.63. The highest BCUT2D eigenvalue weighted by Gasteiger charge is 2.24. The van der Waals surface area contributed by atoms with Gasteiger partial charge in [0.15, 0.2) is 10.9 Å². The predicted molar refractivity (Wildman–Crippen MR) is 126 cm³/mol. The van der Waals surface area contributed by atoms with E-state index in [1.54, 1.807) is 12.4 Å². The van der Waals surface area contributed by atoms with E-state index in [2.05, 4.69) is 15.2 Å². The summed E-state index contributed by atoms with van der Waals surface area (Å²) >= 11 is 7.79. The molecule has 0 unspecified atom stereocenters. The molecule has 0 fully saturated rings. The van der Waals surface area contributed by atoms with Gasteiger partial charge in [0.1, 0.15) is 5.75 Å². The molecule has 5 rings (SSSR count). The second-order valence-electron chi connectivity index (χ2n) is 7.34. The van der Waals surface area contributed by atoms with Crippen LogP contribution in [0.1, 0.15) is 16.8 Å². The van der Waals surface area contributed by atoms with E-state index < -0.39 is 0 Å². The van der Waals surface area contributed by atoms with Crippen LogP contribution in [0.4, 0.5) is 10.8 Å². The number of pyridine rings is 1. The van der Waals surface area contributed by atoms with Crippen LogP contribution in [0.25, 0.3) is 0 Å². The summed E-state index contributed by atoms with van der Waals surface area (Å²) in [6, 6.07) is 17.3. The average molecular weight is 463 g/mol. The normalized spacial score (nSPS) is 12.3. The number of para-hydroxylation sites is 1. The van der Waals surface area contributed by atoms with Gasteiger partial charge in [0, 0.05) is 34.9 Å². The third kappa shape index (κ3) is 4.44. The topological polar surface area (TPSA) is 67.4 Å². The lowest BCUT2D eigenvalue weighted by atomic mass is 10.2. The quantitative estimate of drug-likeness (QED) is 0.424. The van der Waals surface area contributed by atoms with Gasteiger partial charge in [-0.3, -0.25) is 9.78 Å². The molecule has 2 aromatic heterocycles. The number of ether oxygens (including phenoxy) is 1. The van der Waals surface area contributed by atoms with Gasteiger partial charge in [-0.2, -0.15) is 0 Å². The van der Waals surface area contributed by atoms with Crippen molar-refractivity contribution in [3.05, 3.63) is 94.2 Å². The molecule has 0 spiro atoms. The fourth-order valence-corrected chi connectivity index (χ4v) is 4.50. The van der Waals surface area contributed by atoms with E-state index >= 15 is 0 Å². The van der Waals surface area contributed by atoms with Crippen LogP contribution in [-0.2, 0) is 24.3 Å². The fraction of sp³-hybridized carbons (Fsp3) is 0.125. The second-order valence-corrected chi connectivity index (χ2v) is 8.61. The highest BCUT2D eigenvalue weighted by Crippen LogP contribution is 2.44. The minimum Gasteiger partial charge on any atom is -0.455 e. The zero-order valence-corrected chi connectivity index (χ0v) is 18.6. The highest BCUT2D eigenvalue weighted by molar-refractivity contribution is 7.13. The monoisotopic (exact) mass is 462 g/mol. The zero-order valence-electron chi connectivity index (χ0n) is 17.0. The molecule has 6 nitrogen and oxygen atoms in total. The minimum atomic E-state index is -0.0772. The van der Waals surface area contributed by atoms with E-state index in [1.807, 2.05) is 60.0 Å². The van der Waals surface area contributed by atoms with Crippen molar-refractivity contribution in [1.82, 2.24) is 15.3 Å². The van der Waals surface area contributed by atoms with E-state index in [9.17, 15) is 4.79 Å². The number of hydrogen-bond acceptors (Lipinski definition) is 6. The number of carbonyl (C=O) groups is 1. The van der Waals surface area contributed by atoms with E-state index in [1.165, 1.54) is 11.3 Å². The molecule has 32 heavy (non-hydrogen) atoms. The van der Waals surface area contributed by atoms with Crippen LogP contribution in [0.5, 0.6) is 11.5 Å². The first-order valence-electron chi connectivity index (χ1n) is 10.1. The van der Waals surface area contributed by atoms with Gasteiger partial charge in [0.05, 0.1) is 24.3 Å². The van der Waals surface area contributed by atoms with Crippen LogP contribution in [0, 0.1) is 0 Å². The number of nitrogens with one attached hydrogen (secondary N) is 1. The number of hydrogen-bond donors (Lipinski definition) is 1. The van der Waals surface area contributed by atoms with Crippen molar-refractivity contribution in [3.63, 3.8) is 0 Å². The largest absolute Gasteiger partial charge is 0.455 e. The Kier molecular flexibility index (Phi) is 5.75. The van der Waals surface area contributed by atoms with Crippen molar-refractivity contribution in [1.29, 1.82) is 0 Å². The third-order valence-electron chi connectivity index (χ3n) is 5.08. The third-order valence-corrected chi connectivity index (χ3v) is 6.23. The lowest BCUT2D eigenvalue weighted by Gasteiger charge is -2.21. The minimum absolute atomic E-state index is 0.0772. The van der Waals surface area contributed by atoms with E-state index in [0.717, 1.165) is 33.4 Å². The molecule has 0 saturated heterocycles. The highest BCUT2D eigenvalue weighted by atomic mass is 35.5. The molecule has 1 N–H and O–H groups in total. The Morgan fingerprint density at radius 3 is 2.84 bits per heavy atom. The molecule has 8 heteroatoms. The molecule has 3 heterocycles. The van der Waals surface area contributed by atoms with Gasteiger partial charge in [0.2, 0.25) is 5.91 Å². The Hall–Kier alpha value is -3.42. The molecule has 0 bridgehead atoms. The summed E-state index contributed by atoms with van der Waals surface area (Å²) < 4.78 is 6.16. The maximum Gasteiger partial charge on any atom is 0.226 e. The van der Waals surface area contributed by atoms with Crippen LogP contribution in [0.2, 0.25) is 5.02 Å². The number of thiazole rings is 1. The summed E-state index contributed by atoms with van der Waals surface area (Å²) in [7, 11) is 0. The standard InChI is InChI=1S/C24H19ClN4O2S/c25-18-5-6-22-20(11-18)29(14-17-3-1-2-4-21(17)31-22)24-28-19(15-32-24)12-23(30)27-13-16-7-9-26-10-8-16/h1-11,15H,12-14H2,(H,27,30). The van der Waals surface area contributed by atoms with Crippen molar-refractivity contribution in [2.24, 2.45) is 0 Å². The van der Waals surface area contributed by atoms with Gasteiger partial charge in [0.25, 0.3) is 0 Å². The Bertz CT molecular complexity index is 1260. The summed E-state index contributed by atoms with van der Waals surface area (Å²) in [4.78, 5) is 23.2. The molecule has 0 saturated carbocycles. The van der Waals surface area contributed by atoms with Crippen LogP contribution in [0.15, 0.2) is 72.4 Å². The Balaban J connectivity index is 1.37. The maximum absolute atomic E-state index is 12.4. The first-order valence-corrected chi connectivity index (χ1v) is 11.3. The summed E-state index contributed by atoms with van der Waals surface area (Å²) in [5.41, 5.74) is 3.62. The maximum atomic E-state index is 12.4. The fourth-order valence-electron chi connectivity index (χ4n) is 3.50. The van der Waals surface area contributed by atoms with E-state index in [0.29, 0.717) is 23.9 Å². The van der Waals surface area contributed by atoms with Crippen molar-refractivity contribution >= 4 is 39.7 Å². The van der Waals surface area contributed by atoms with Crippen LogP contribution < -0.4 is 15.0 Å². The van der Waals surface area contributed by atoms with Gasteiger partial charge >= 0.3 is 0 Å². The van der Waals surface area contributed by atoms with Gasteiger partial charge in [-0.05, 0) is 42.0 Å². The number of rotatable bonds is 5. The predicted octanol–water partition coefficient (Wildman–Crippen LogP) is 5.49. The number of anilines is 2. The number of benzene rings is 2. The van der Waals surface area contributed by atoms with E-state index in [4.69, 9.17) is 21.3 Å². The average Bonchev–Trinajstić information content (AvgIpc) is 3.20.